The van der Waals surface area contributed by atoms with Gasteiger partial charge >= 0.3 is 5.97 Å². The molecule has 114 valence electrons. The van der Waals surface area contributed by atoms with Crippen LogP contribution in [-0.4, -0.2) is 41.1 Å². The zero-order valence-electron chi connectivity index (χ0n) is 12.2. The number of carboxylic acids is 1. The molecule has 21 heavy (non-hydrogen) atoms. The number of carbonyl (C=O) groups excluding carboxylic acids is 1. The zero-order chi connectivity index (χ0) is 15.2. The molecule has 0 saturated carbocycles. The van der Waals surface area contributed by atoms with Crippen LogP contribution in [0.2, 0.25) is 0 Å². The van der Waals surface area contributed by atoms with Crippen LogP contribution in [0.15, 0.2) is 24.3 Å². The van der Waals surface area contributed by atoms with Gasteiger partial charge in [0.2, 0.25) is 5.91 Å². The monoisotopic (exact) mass is 291 g/mol. The SMILES string of the molecule is CCOc1ccc(CC(=O)N2CCCC2CC(=O)O)cc1. The minimum Gasteiger partial charge on any atom is -0.494 e. The third kappa shape index (κ3) is 4.21. The highest BCUT2D eigenvalue weighted by Crippen LogP contribution is 2.22. The summed E-state index contributed by atoms with van der Waals surface area (Å²) in [5.74, 6) is -0.0534. The van der Waals surface area contributed by atoms with Gasteiger partial charge in [-0.2, -0.15) is 0 Å². The molecule has 1 aromatic carbocycles. The highest BCUT2D eigenvalue weighted by molar-refractivity contribution is 5.80. The number of amides is 1. The van der Waals surface area contributed by atoms with Crippen LogP contribution in [0.3, 0.4) is 0 Å². The van der Waals surface area contributed by atoms with E-state index in [0.29, 0.717) is 19.6 Å². The maximum Gasteiger partial charge on any atom is 0.305 e. The van der Waals surface area contributed by atoms with Gasteiger partial charge in [0.1, 0.15) is 5.75 Å². The van der Waals surface area contributed by atoms with Crippen molar-refractivity contribution in [3.63, 3.8) is 0 Å². The van der Waals surface area contributed by atoms with Crippen molar-refractivity contribution in [3.8, 4) is 5.75 Å². The second-order valence-electron chi connectivity index (χ2n) is 5.23. The quantitative estimate of drug-likeness (QED) is 0.871. The molecule has 0 radical (unpaired) electrons. The van der Waals surface area contributed by atoms with E-state index in [1.54, 1.807) is 4.90 Å². The third-order valence-electron chi connectivity index (χ3n) is 3.70. The zero-order valence-corrected chi connectivity index (χ0v) is 12.2. The van der Waals surface area contributed by atoms with Crippen LogP contribution in [0, 0.1) is 0 Å². The van der Waals surface area contributed by atoms with E-state index >= 15 is 0 Å². The minimum atomic E-state index is -0.847. The molecule has 1 unspecified atom stereocenters. The summed E-state index contributed by atoms with van der Waals surface area (Å²) in [6.45, 7) is 3.20. The summed E-state index contributed by atoms with van der Waals surface area (Å²) < 4.78 is 5.37. The number of nitrogens with zero attached hydrogens (tertiary/aromatic N) is 1. The van der Waals surface area contributed by atoms with E-state index in [1.165, 1.54) is 0 Å². The fraction of sp³-hybridized carbons (Fsp3) is 0.500. The maximum absolute atomic E-state index is 12.3. The third-order valence-corrected chi connectivity index (χ3v) is 3.70. The molecule has 1 aliphatic heterocycles. The first-order chi connectivity index (χ1) is 10.1. The molecule has 1 heterocycles. The number of likely N-dealkylation sites (tertiary alicyclic amines) is 1. The number of hydrogen-bond donors (Lipinski definition) is 1. The summed E-state index contributed by atoms with van der Waals surface area (Å²) in [6, 6.07) is 7.31. The molecule has 0 aromatic heterocycles. The molecule has 1 fully saturated rings. The van der Waals surface area contributed by atoms with E-state index in [-0.39, 0.29) is 18.4 Å². The lowest BCUT2D eigenvalue weighted by Gasteiger charge is -2.23. The summed E-state index contributed by atoms with van der Waals surface area (Å²) in [7, 11) is 0. The number of rotatable bonds is 6. The van der Waals surface area contributed by atoms with Gasteiger partial charge in [-0.3, -0.25) is 9.59 Å². The van der Waals surface area contributed by atoms with E-state index < -0.39 is 5.97 Å². The predicted molar refractivity (Wildman–Crippen MR) is 78.3 cm³/mol. The molecule has 5 heteroatoms. The molecule has 1 amide bonds. The van der Waals surface area contributed by atoms with Crippen LogP contribution in [0.1, 0.15) is 31.7 Å². The van der Waals surface area contributed by atoms with Gasteiger partial charge in [-0.05, 0) is 37.5 Å². The van der Waals surface area contributed by atoms with Gasteiger partial charge in [-0.25, -0.2) is 0 Å². The largest absolute Gasteiger partial charge is 0.494 e. The lowest BCUT2D eigenvalue weighted by molar-refractivity contribution is -0.139. The molecule has 1 aliphatic rings. The Labute approximate surface area is 124 Å². The summed E-state index contributed by atoms with van der Waals surface area (Å²) >= 11 is 0. The molecule has 2 rings (SSSR count). The molecule has 0 aliphatic carbocycles. The Morgan fingerprint density at radius 3 is 2.67 bits per heavy atom. The number of benzene rings is 1. The van der Waals surface area contributed by atoms with Gasteiger partial charge in [0.15, 0.2) is 0 Å². The first-order valence-corrected chi connectivity index (χ1v) is 7.33. The fourth-order valence-electron chi connectivity index (χ4n) is 2.72. The van der Waals surface area contributed by atoms with Crippen LogP contribution >= 0.6 is 0 Å². The average Bonchev–Trinajstić information content (AvgIpc) is 2.88. The van der Waals surface area contributed by atoms with E-state index in [0.717, 1.165) is 24.2 Å². The summed E-state index contributed by atoms with van der Waals surface area (Å²) in [5.41, 5.74) is 0.921. The van der Waals surface area contributed by atoms with Crippen molar-refractivity contribution in [2.24, 2.45) is 0 Å². The molecule has 0 bridgehead atoms. The standard InChI is InChI=1S/C16H21NO4/c1-2-21-14-7-5-12(6-8-14)10-15(18)17-9-3-4-13(17)11-16(19)20/h5-8,13H,2-4,9-11H2,1H3,(H,19,20). The second-order valence-corrected chi connectivity index (χ2v) is 5.23. The lowest BCUT2D eigenvalue weighted by atomic mass is 10.1. The topological polar surface area (TPSA) is 66.8 Å². The van der Waals surface area contributed by atoms with E-state index in [4.69, 9.17) is 9.84 Å². The van der Waals surface area contributed by atoms with Crippen molar-refractivity contribution in [3.05, 3.63) is 29.8 Å². The average molecular weight is 291 g/mol. The Bertz CT molecular complexity index is 498. The first kappa shape index (κ1) is 15.4. The van der Waals surface area contributed by atoms with Crippen molar-refractivity contribution in [2.45, 2.75) is 38.6 Å². The normalized spacial score (nSPS) is 17.8. The number of carbonyl (C=O) groups is 2. The van der Waals surface area contributed by atoms with Crippen LogP contribution in [-0.2, 0) is 16.0 Å². The molecule has 0 spiro atoms. The molecular weight excluding hydrogens is 270 g/mol. The molecule has 1 atom stereocenters. The van der Waals surface area contributed by atoms with Crippen molar-refractivity contribution in [2.75, 3.05) is 13.2 Å². The Hall–Kier alpha value is -2.04. The van der Waals surface area contributed by atoms with Crippen molar-refractivity contribution < 1.29 is 19.4 Å². The summed E-state index contributed by atoms with van der Waals surface area (Å²) in [5, 5.41) is 8.89. The summed E-state index contributed by atoms with van der Waals surface area (Å²) in [4.78, 5) is 24.9. The van der Waals surface area contributed by atoms with Gasteiger partial charge in [-0.15, -0.1) is 0 Å². The smallest absolute Gasteiger partial charge is 0.305 e. The molecular formula is C16H21NO4. The van der Waals surface area contributed by atoms with Crippen LogP contribution in [0.5, 0.6) is 5.75 Å². The Morgan fingerprint density at radius 1 is 1.33 bits per heavy atom. The van der Waals surface area contributed by atoms with Gasteiger partial charge in [0, 0.05) is 12.6 Å². The highest BCUT2D eigenvalue weighted by atomic mass is 16.5. The van der Waals surface area contributed by atoms with E-state index in [2.05, 4.69) is 0 Å². The van der Waals surface area contributed by atoms with Gasteiger partial charge in [-0.1, -0.05) is 12.1 Å². The van der Waals surface area contributed by atoms with Gasteiger partial charge in [0.25, 0.3) is 0 Å². The van der Waals surface area contributed by atoms with Crippen molar-refractivity contribution in [1.82, 2.24) is 4.90 Å². The molecule has 1 N–H and O–H groups in total. The number of ether oxygens (including phenoxy) is 1. The summed E-state index contributed by atoms with van der Waals surface area (Å²) in [6.07, 6.45) is 2.01. The second kappa shape index (κ2) is 7.11. The predicted octanol–water partition coefficient (Wildman–Crippen LogP) is 2.09. The van der Waals surface area contributed by atoms with E-state index in [1.807, 2.05) is 31.2 Å². The minimum absolute atomic E-state index is 0.00269. The van der Waals surface area contributed by atoms with Crippen molar-refractivity contribution >= 4 is 11.9 Å². The lowest BCUT2D eigenvalue weighted by Crippen LogP contribution is -2.37. The van der Waals surface area contributed by atoms with Gasteiger partial charge in [0.05, 0.1) is 19.4 Å². The fourth-order valence-corrected chi connectivity index (χ4v) is 2.72. The Kier molecular flexibility index (Phi) is 5.20. The Morgan fingerprint density at radius 2 is 2.05 bits per heavy atom. The molecule has 1 saturated heterocycles. The highest BCUT2D eigenvalue weighted by Gasteiger charge is 2.30. The van der Waals surface area contributed by atoms with Crippen molar-refractivity contribution in [1.29, 1.82) is 0 Å². The van der Waals surface area contributed by atoms with Crippen LogP contribution < -0.4 is 4.74 Å². The first-order valence-electron chi connectivity index (χ1n) is 7.33. The van der Waals surface area contributed by atoms with Gasteiger partial charge < -0.3 is 14.7 Å². The van der Waals surface area contributed by atoms with Crippen LogP contribution in [0.25, 0.3) is 0 Å². The number of carboxylic acid groups (broad SMARTS) is 1. The molecule has 1 aromatic rings. The Balaban J connectivity index is 1.95. The number of aliphatic carboxylic acids is 1. The van der Waals surface area contributed by atoms with Crippen LogP contribution in [0.4, 0.5) is 0 Å². The maximum atomic E-state index is 12.3. The molecule has 5 nitrogen and oxygen atoms in total. The number of hydrogen-bond acceptors (Lipinski definition) is 3. The van der Waals surface area contributed by atoms with E-state index in [9.17, 15) is 9.59 Å².